The minimum Gasteiger partial charge on any atom is -0.343 e. The van der Waals surface area contributed by atoms with Crippen molar-refractivity contribution in [1.82, 2.24) is 5.32 Å². The van der Waals surface area contributed by atoms with Crippen molar-refractivity contribution >= 4 is 29.1 Å². The molecule has 6 heteroatoms. The van der Waals surface area contributed by atoms with Crippen LogP contribution in [-0.4, -0.2) is 24.3 Å². The molecular weight excluding hydrogens is 402 g/mol. The van der Waals surface area contributed by atoms with Crippen LogP contribution in [0.3, 0.4) is 0 Å². The van der Waals surface area contributed by atoms with E-state index in [0.29, 0.717) is 16.9 Å². The predicted octanol–water partition coefficient (Wildman–Crippen LogP) is 4.38. The van der Waals surface area contributed by atoms with Gasteiger partial charge in [0, 0.05) is 22.9 Å². The van der Waals surface area contributed by atoms with Gasteiger partial charge in [-0.3, -0.25) is 14.4 Å². The monoisotopic (exact) mass is 427 g/mol. The number of hydrogen-bond donors (Lipinski definition) is 3. The second-order valence-electron chi connectivity index (χ2n) is 7.97. The fourth-order valence-corrected chi connectivity index (χ4v) is 3.33. The molecule has 162 valence electrons. The normalized spacial score (nSPS) is 12.7. The minimum atomic E-state index is -0.340. The fraction of sp³-hybridized carbons (Fsp3) is 0.192. The minimum absolute atomic E-state index is 0.0108. The average molecular weight is 428 g/mol. The maximum Gasteiger partial charge on any atom is 0.251 e. The molecule has 1 fully saturated rings. The summed E-state index contributed by atoms with van der Waals surface area (Å²) < 4.78 is 0. The molecule has 32 heavy (non-hydrogen) atoms. The van der Waals surface area contributed by atoms with Crippen LogP contribution in [0, 0.1) is 12.8 Å². The number of carbonyl (C=O) groups is 3. The first kappa shape index (κ1) is 21.3. The second kappa shape index (κ2) is 9.47. The summed E-state index contributed by atoms with van der Waals surface area (Å²) in [4.78, 5) is 36.8. The van der Waals surface area contributed by atoms with Crippen LogP contribution in [0.2, 0.25) is 0 Å². The number of rotatable bonds is 7. The van der Waals surface area contributed by atoms with E-state index >= 15 is 0 Å². The van der Waals surface area contributed by atoms with Crippen LogP contribution >= 0.6 is 0 Å². The highest BCUT2D eigenvalue weighted by atomic mass is 16.2. The summed E-state index contributed by atoms with van der Waals surface area (Å²) in [5.41, 5.74) is 4.69. The number of benzene rings is 3. The van der Waals surface area contributed by atoms with Crippen molar-refractivity contribution in [2.75, 3.05) is 17.2 Å². The zero-order valence-corrected chi connectivity index (χ0v) is 17.9. The Labute approximate surface area is 187 Å². The van der Waals surface area contributed by atoms with Crippen LogP contribution in [-0.2, 0) is 9.59 Å². The molecule has 0 saturated heterocycles. The van der Waals surface area contributed by atoms with E-state index in [0.717, 1.165) is 29.5 Å². The summed E-state index contributed by atoms with van der Waals surface area (Å²) in [6.07, 6.45) is 1.85. The van der Waals surface area contributed by atoms with Gasteiger partial charge >= 0.3 is 0 Å². The number of nitrogens with one attached hydrogen (secondary N) is 3. The summed E-state index contributed by atoms with van der Waals surface area (Å²) in [6, 6.07) is 22.5. The van der Waals surface area contributed by atoms with Crippen molar-refractivity contribution in [3.8, 4) is 11.1 Å². The van der Waals surface area contributed by atoms with Crippen LogP contribution in [0.1, 0.15) is 28.8 Å². The van der Waals surface area contributed by atoms with Crippen molar-refractivity contribution in [2.24, 2.45) is 5.92 Å². The lowest BCUT2D eigenvalue weighted by Crippen LogP contribution is -2.33. The van der Waals surface area contributed by atoms with E-state index in [1.165, 1.54) is 0 Å². The van der Waals surface area contributed by atoms with Gasteiger partial charge in [-0.15, -0.1) is 0 Å². The molecule has 0 heterocycles. The summed E-state index contributed by atoms with van der Waals surface area (Å²) in [7, 11) is 0. The molecule has 0 bridgehead atoms. The van der Waals surface area contributed by atoms with Crippen LogP contribution in [0.15, 0.2) is 72.8 Å². The van der Waals surface area contributed by atoms with Gasteiger partial charge < -0.3 is 16.0 Å². The molecule has 3 N–H and O–H groups in total. The molecule has 1 saturated carbocycles. The number of aryl methyl sites for hydroxylation is 1. The van der Waals surface area contributed by atoms with Crippen LogP contribution in [0.5, 0.6) is 0 Å². The standard InChI is InChI=1S/C26H25N3O3/c1-17-7-14-22(28-26(32)21-12-13-21)15-23(17)29-24(30)16-27-25(31)20-10-8-19(9-11-20)18-5-3-2-4-6-18/h2-11,14-15,21H,12-13,16H2,1H3,(H,27,31)(H,28,32)(H,29,30). The van der Waals surface area contributed by atoms with Gasteiger partial charge in [-0.2, -0.15) is 0 Å². The third-order valence-corrected chi connectivity index (χ3v) is 5.39. The van der Waals surface area contributed by atoms with Crippen molar-refractivity contribution in [3.63, 3.8) is 0 Å². The van der Waals surface area contributed by atoms with Crippen molar-refractivity contribution in [3.05, 3.63) is 83.9 Å². The predicted molar refractivity (Wildman–Crippen MR) is 125 cm³/mol. The Morgan fingerprint density at radius 2 is 1.53 bits per heavy atom. The lowest BCUT2D eigenvalue weighted by Gasteiger charge is -2.12. The third kappa shape index (κ3) is 5.40. The smallest absolute Gasteiger partial charge is 0.251 e. The van der Waals surface area contributed by atoms with Crippen LogP contribution in [0.25, 0.3) is 11.1 Å². The van der Waals surface area contributed by atoms with E-state index < -0.39 is 0 Å². The largest absolute Gasteiger partial charge is 0.343 e. The van der Waals surface area contributed by atoms with Crippen molar-refractivity contribution < 1.29 is 14.4 Å². The van der Waals surface area contributed by atoms with Crippen molar-refractivity contribution in [2.45, 2.75) is 19.8 Å². The van der Waals surface area contributed by atoms with Gasteiger partial charge in [0.05, 0.1) is 6.54 Å². The maximum atomic E-state index is 12.4. The molecule has 0 aliphatic heterocycles. The van der Waals surface area contributed by atoms with E-state index in [1.807, 2.05) is 61.5 Å². The molecule has 3 aromatic rings. The number of carbonyl (C=O) groups excluding carboxylic acids is 3. The molecule has 0 aromatic heterocycles. The Morgan fingerprint density at radius 3 is 2.22 bits per heavy atom. The molecular formula is C26H25N3O3. The first-order chi connectivity index (χ1) is 15.5. The van der Waals surface area contributed by atoms with E-state index in [4.69, 9.17) is 0 Å². The molecule has 1 aliphatic rings. The highest BCUT2D eigenvalue weighted by Crippen LogP contribution is 2.30. The molecule has 0 radical (unpaired) electrons. The third-order valence-electron chi connectivity index (χ3n) is 5.39. The van der Waals surface area contributed by atoms with Crippen molar-refractivity contribution in [1.29, 1.82) is 0 Å². The molecule has 6 nitrogen and oxygen atoms in total. The summed E-state index contributed by atoms with van der Waals surface area (Å²) >= 11 is 0. The number of hydrogen-bond acceptors (Lipinski definition) is 3. The quantitative estimate of drug-likeness (QED) is 0.523. The molecule has 3 amide bonds. The van der Waals surface area contributed by atoms with Gasteiger partial charge in [0.2, 0.25) is 11.8 Å². The molecule has 3 aromatic carbocycles. The lowest BCUT2D eigenvalue weighted by atomic mass is 10.0. The maximum absolute atomic E-state index is 12.4. The van der Waals surface area contributed by atoms with Gasteiger partial charge in [-0.05, 0) is 60.7 Å². The van der Waals surface area contributed by atoms with Crippen LogP contribution in [0.4, 0.5) is 11.4 Å². The molecule has 0 atom stereocenters. The van der Waals surface area contributed by atoms with E-state index in [-0.39, 0.29) is 30.2 Å². The van der Waals surface area contributed by atoms with Gasteiger partial charge in [0.15, 0.2) is 0 Å². The van der Waals surface area contributed by atoms with E-state index in [2.05, 4.69) is 16.0 Å². The number of amides is 3. The van der Waals surface area contributed by atoms with E-state index in [1.54, 1.807) is 18.2 Å². The van der Waals surface area contributed by atoms with Gasteiger partial charge in [-0.1, -0.05) is 48.5 Å². The fourth-order valence-electron chi connectivity index (χ4n) is 3.33. The highest BCUT2D eigenvalue weighted by Gasteiger charge is 2.29. The Morgan fingerprint density at radius 1 is 0.844 bits per heavy atom. The summed E-state index contributed by atoms with van der Waals surface area (Å²) in [5.74, 6) is -0.544. The molecule has 4 rings (SSSR count). The second-order valence-corrected chi connectivity index (χ2v) is 7.97. The molecule has 0 unspecified atom stereocenters. The van der Waals surface area contributed by atoms with Gasteiger partial charge in [-0.25, -0.2) is 0 Å². The summed E-state index contributed by atoms with van der Waals surface area (Å²) in [6.45, 7) is 1.71. The Balaban J connectivity index is 1.31. The zero-order chi connectivity index (χ0) is 22.5. The molecule has 1 aliphatic carbocycles. The number of anilines is 2. The first-order valence-electron chi connectivity index (χ1n) is 10.6. The van der Waals surface area contributed by atoms with Gasteiger partial charge in [0.25, 0.3) is 5.91 Å². The highest BCUT2D eigenvalue weighted by molar-refractivity contribution is 6.00. The Kier molecular flexibility index (Phi) is 6.31. The average Bonchev–Trinajstić information content (AvgIpc) is 3.66. The summed E-state index contributed by atoms with van der Waals surface area (Å²) in [5, 5.41) is 8.32. The Hall–Kier alpha value is -3.93. The Bertz CT molecular complexity index is 1140. The topological polar surface area (TPSA) is 87.3 Å². The van der Waals surface area contributed by atoms with E-state index in [9.17, 15) is 14.4 Å². The molecule has 0 spiro atoms. The van der Waals surface area contributed by atoms with Gasteiger partial charge in [0.1, 0.15) is 0 Å². The first-order valence-corrected chi connectivity index (χ1v) is 10.6. The SMILES string of the molecule is Cc1ccc(NC(=O)C2CC2)cc1NC(=O)CNC(=O)c1ccc(-c2ccccc2)cc1. The lowest BCUT2D eigenvalue weighted by molar-refractivity contribution is -0.117. The zero-order valence-electron chi connectivity index (χ0n) is 17.9. The van der Waals surface area contributed by atoms with Crippen LogP contribution < -0.4 is 16.0 Å².